The molecule has 1 amide bonds. The number of thioether (sulfide) groups is 1. The first-order valence-electron chi connectivity index (χ1n) is 9.57. The average Bonchev–Trinajstić information content (AvgIpc) is 3.16. The van der Waals surface area contributed by atoms with Gasteiger partial charge in [-0.2, -0.15) is 0 Å². The average molecular weight is 470 g/mol. The van der Waals surface area contributed by atoms with Crippen molar-refractivity contribution in [1.29, 1.82) is 0 Å². The van der Waals surface area contributed by atoms with Gasteiger partial charge in [0.2, 0.25) is 5.91 Å². The van der Waals surface area contributed by atoms with Crippen LogP contribution in [-0.2, 0) is 11.8 Å². The number of hydrogen-bond acceptors (Lipinski definition) is 5. The van der Waals surface area contributed by atoms with E-state index in [0.717, 1.165) is 16.7 Å². The Morgan fingerprint density at radius 2 is 1.87 bits per heavy atom. The van der Waals surface area contributed by atoms with Gasteiger partial charge in [0, 0.05) is 18.0 Å². The van der Waals surface area contributed by atoms with Crippen LogP contribution in [0.1, 0.15) is 11.1 Å². The lowest BCUT2D eigenvalue weighted by Gasteiger charge is -2.10. The lowest BCUT2D eigenvalue weighted by Crippen LogP contribution is -2.20. The smallest absolute Gasteiger partial charge is 0.271 e. The van der Waals surface area contributed by atoms with E-state index in [4.69, 9.17) is 16.6 Å². The molecule has 0 aliphatic carbocycles. The van der Waals surface area contributed by atoms with Gasteiger partial charge in [-0.25, -0.2) is 4.98 Å². The zero-order valence-corrected chi connectivity index (χ0v) is 19.6. The van der Waals surface area contributed by atoms with Gasteiger partial charge >= 0.3 is 0 Å². The Bertz CT molecular complexity index is 1340. The summed E-state index contributed by atoms with van der Waals surface area (Å²) >= 11 is 8.81. The molecule has 0 radical (unpaired) electrons. The Morgan fingerprint density at radius 1 is 1.16 bits per heavy atom. The highest BCUT2D eigenvalue weighted by molar-refractivity contribution is 7.99. The molecule has 2 aromatic carbocycles. The van der Waals surface area contributed by atoms with E-state index in [2.05, 4.69) is 5.32 Å². The van der Waals surface area contributed by atoms with Crippen molar-refractivity contribution in [2.24, 2.45) is 7.05 Å². The first-order valence-corrected chi connectivity index (χ1v) is 11.8. The van der Waals surface area contributed by atoms with Crippen LogP contribution in [0.4, 0.5) is 5.69 Å². The topological polar surface area (TPSA) is 64.0 Å². The molecular formula is C23H20ClN3O2S2. The van der Waals surface area contributed by atoms with Gasteiger partial charge in [0.15, 0.2) is 5.16 Å². The largest absolute Gasteiger partial charge is 0.324 e. The Kier molecular flexibility index (Phi) is 6.18. The van der Waals surface area contributed by atoms with Gasteiger partial charge in [0.05, 0.1) is 22.0 Å². The van der Waals surface area contributed by atoms with Gasteiger partial charge in [-0.1, -0.05) is 59.3 Å². The molecule has 0 aliphatic heterocycles. The highest BCUT2D eigenvalue weighted by Crippen LogP contribution is 2.32. The van der Waals surface area contributed by atoms with E-state index in [1.165, 1.54) is 33.2 Å². The lowest BCUT2D eigenvalue weighted by molar-refractivity contribution is -0.113. The van der Waals surface area contributed by atoms with Crippen LogP contribution in [0.25, 0.3) is 21.3 Å². The monoisotopic (exact) mass is 469 g/mol. The molecular weight excluding hydrogens is 450 g/mol. The molecule has 2 heterocycles. The maximum absolute atomic E-state index is 12.9. The number of anilines is 1. The van der Waals surface area contributed by atoms with Crippen LogP contribution in [0, 0.1) is 13.8 Å². The number of amides is 1. The lowest BCUT2D eigenvalue weighted by atomic mass is 10.1. The van der Waals surface area contributed by atoms with Gasteiger partial charge < -0.3 is 5.32 Å². The Hall–Kier alpha value is -2.61. The van der Waals surface area contributed by atoms with E-state index in [-0.39, 0.29) is 17.2 Å². The summed E-state index contributed by atoms with van der Waals surface area (Å²) in [6.45, 7) is 3.97. The molecule has 0 bridgehead atoms. The zero-order chi connectivity index (χ0) is 22.1. The number of nitrogens with zero attached hydrogens (tertiary/aromatic N) is 2. The minimum atomic E-state index is -0.214. The van der Waals surface area contributed by atoms with Crippen LogP contribution in [0.3, 0.4) is 0 Å². The zero-order valence-electron chi connectivity index (χ0n) is 17.2. The molecule has 0 spiro atoms. The molecule has 2 aromatic heterocycles. The number of aryl methyl sites for hydroxylation is 2. The third kappa shape index (κ3) is 4.54. The van der Waals surface area contributed by atoms with Gasteiger partial charge in [-0.15, -0.1) is 11.3 Å². The van der Waals surface area contributed by atoms with Gasteiger partial charge in [0.25, 0.3) is 5.56 Å². The molecule has 0 atom stereocenters. The molecule has 0 unspecified atom stereocenters. The molecule has 5 nitrogen and oxygen atoms in total. The van der Waals surface area contributed by atoms with E-state index in [9.17, 15) is 9.59 Å². The van der Waals surface area contributed by atoms with Crippen molar-refractivity contribution in [3.8, 4) is 11.1 Å². The number of rotatable bonds is 5. The van der Waals surface area contributed by atoms with E-state index in [1.807, 2.05) is 49.6 Å². The molecule has 0 aliphatic rings. The molecule has 8 heteroatoms. The van der Waals surface area contributed by atoms with E-state index >= 15 is 0 Å². The van der Waals surface area contributed by atoms with Crippen LogP contribution >= 0.6 is 34.7 Å². The summed E-state index contributed by atoms with van der Waals surface area (Å²) in [4.78, 5) is 30.0. The highest BCUT2D eigenvalue weighted by atomic mass is 35.5. The number of halogens is 1. The molecule has 0 saturated carbocycles. The van der Waals surface area contributed by atoms with Gasteiger partial charge in [-0.3, -0.25) is 14.2 Å². The van der Waals surface area contributed by atoms with Crippen LogP contribution in [0.5, 0.6) is 0 Å². The molecule has 4 rings (SSSR count). The number of benzene rings is 2. The van der Waals surface area contributed by atoms with Crippen molar-refractivity contribution in [3.63, 3.8) is 0 Å². The van der Waals surface area contributed by atoms with Crippen molar-refractivity contribution in [1.82, 2.24) is 9.55 Å². The molecule has 31 heavy (non-hydrogen) atoms. The quantitative estimate of drug-likeness (QED) is 0.302. The minimum Gasteiger partial charge on any atom is -0.324 e. The fourth-order valence-corrected chi connectivity index (χ4v) is 5.16. The Labute approximate surface area is 193 Å². The molecule has 4 aromatic rings. The van der Waals surface area contributed by atoms with Crippen molar-refractivity contribution in [2.75, 3.05) is 11.1 Å². The van der Waals surface area contributed by atoms with Crippen LogP contribution in [0.15, 0.2) is 57.8 Å². The molecule has 158 valence electrons. The van der Waals surface area contributed by atoms with Crippen LogP contribution in [0.2, 0.25) is 5.02 Å². The second-order valence-corrected chi connectivity index (χ2v) is 9.50. The summed E-state index contributed by atoms with van der Waals surface area (Å²) < 4.78 is 2.10. The summed E-state index contributed by atoms with van der Waals surface area (Å²) in [5, 5.41) is 5.76. The highest BCUT2D eigenvalue weighted by Gasteiger charge is 2.16. The standard InChI is InChI=1S/C23H20ClN3O2S2/c1-13-4-7-15(8-5-13)16-11-30-21-20(16)26-23(27(3)22(21)29)31-12-19(28)25-18-9-6-14(2)10-17(18)24/h4-11H,12H2,1-3H3,(H,25,28). The number of carbonyl (C=O) groups is 1. The number of nitrogens with one attached hydrogen (secondary N) is 1. The second kappa shape index (κ2) is 8.86. The number of aromatic nitrogens is 2. The summed E-state index contributed by atoms with van der Waals surface area (Å²) in [7, 11) is 1.68. The predicted molar refractivity (Wildman–Crippen MR) is 131 cm³/mol. The van der Waals surface area contributed by atoms with Gasteiger partial charge in [0.1, 0.15) is 4.70 Å². The second-order valence-electron chi connectivity index (χ2n) is 7.27. The van der Waals surface area contributed by atoms with E-state index in [1.54, 1.807) is 19.2 Å². The SMILES string of the molecule is Cc1ccc(-c2csc3c(=O)n(C)c(SCC(=O)Nc4ccc(C)cc4Cl)nc23)cc1. The molecule has 0 fully saturated rings. The van der Waals surface area contributed by atoms with Crippen LogP contribution in [-0.4, -0.2) is 21.2 Å². The van der Waals surface area contributed by atoms with Gasteiger partial charge in [-0.05, 0) is 37.1 Å². The predicted octanol–water partition coefficient (Wildman–Crippen LogP) is 5.66. The van der Waals surface area contributed by atoms with E-state index < -0.39 is 0 Å². The normalized spacial score (nSPS) is 11.1. The molecule has 0 saturated heterocycles. The Morgan fingerprint density at radius 3 is 2.58 bits per heavy atom. The van der Waals surface area contributed by atoms with Crippen molar-refractivity contribution >= 4 is 56.5 Å². The maximum Gasteiger partial charge on any atom is 0.271 e. The third-order valence-corrected chi connectivity index (χ3v) is 7.15. The molecule has 1 N–H and O–H groups in total. The first-order chi connectivity index (χ1) is 14.8. The van der Waals surface area contributed by atoms with Crippen molar-refractivity contribution in [3.05, 3.63) is 74.3 Å². The third-order valence-electron chi connectivity index (χ3n) is 4.85. The number of thiophene rings is 1. The fourth-order valence-electron chi connectivity index (χ4n) is 3.13. The Balaban J connectivity index is 1.59. The summed E-state index contributed by atoms with van der Waals surface area (Å²) in [6.07, 6.45) is 0. The van der Waals surface area contributed by atoms with Crippen molar-refractivity contribution in [2.45, 2.75) is 19.0 Å². The summed E-state index contributed by atoms with van der Waals surface area (Å²) in [6, 6.07) is 13.6. The summed E-state index contributed by atoms with van der Waals surface area (Å²) in [5.74, 6) is -0.103. The van der Waals surface area contributed by atoms with Crippen LogP contribution < -0.4 is 10.9 Å². The van der Waals surface area contributed by atoms with Crippen molar-refractivity contribution < 1.29 is 4.79 Å². The first kappa shape index (κ1) is 21.6. The number of carbonyl (C=O) groups excluding carboxylic acids is 1. The fraction of sp³-hybridized carbons (Fsp3) is 0.174. The number of hydrogen-bond donors (Lipinski definition) is 1. The number of fused-ring (bicyclic) bond motifs is 1. The maximum atomic E-state index is 12.9. The van der Waals surface area contributed by atoms with E-state index in [0.29, 0.717) is 26.1 Å². The minimum absolute atomic E-state index is 0.111. The summed E-state index contributed by atoms with van der Waals surface area (Å²) in [5.41, 5.74) is 5.25.